The highest BCUT2D eigenvalue weighted by molar-refractivity contribution is 6.04. The van der Waals surface area contributed by atoms with Gasteiger partial charge in [0.1, 0.15) is 11.6 Å². The van der Waals surface area contributed by atoms with Gasteiger partial charge in [0.05, 0.1) is 6.10 Å². The lowest BCUT2D eigenvalue weighted by Crippen LogP contribution is -2.13. The summed E-state index contributed by atoms with van der Waals surface area (Å²) in [6.45, 7) is 5.73. The van der Waals surface area contributed by atoms with E-state index in [1.807, 2.05) is 26.0 Å². The molecule has 0 fully saturated rings. The molecular formula is C16H19N3O2. The fourth-order valence-corrected chi connectivity index (χ4v) is 1.92. The molecule has 1 amide bonds. The monoisotopic (exact) mass is 285 g/mol. The number of nitrogen functional groups attached to an aromatic ring is 1. The molecule has 0 radical (unpaired) electrons. The van der Waals surface area contributed by atoms with Gasteiger partial charge < -0.3 is 15.8 Å². The summed E-state index contributed by atoms with van der Waals surface area (Å²) in [6, 6.07) is 10.5. The second-order valence-electron chi connectivity index (χ2n) is 5.07. The van der Waals surface area contributed by atoms with E-state index < -0.39 is 0 Å². The van der Waals surface area contributed by atoms with Crippen molar-refractivity contribution in [3.63, 3.8) is 0 Å². The molecule has 2 rings (SSSR count). The fourth-order valence-electron chi connectivity index (χ4n) is 1.92. The molecule has 0 bridgehead atoms. The molecule has 0 aliphatic carbocycles. The van der Waals surface area contributed by atoms with E-state index in [0.717, 1.165) is 5.75 Å². The van der Waals surface area contributed by atoms with Crippen LogP contribution in [0.3, 0.4) is 0 Å². The number of aromatic nitrogens is 1. The van der Waals surface area contributed by atoms with Crippen LogP contribution in [0.2, 0.25) is 0 Å². The number of carbonyl (C=O) groups is 1. The predicted octanol–water partition coefficient (Wildman–Crippen LogP) is 3.01. The molecule has 3 N–H and O–H groups in total. The maximum atomic E-state index is 12.2. The van der Waals surface area contributed by atoms with E-state index in [1.165, 1.54) is 0 Å². The van der Waals surface area contributed by atoms with Crippen molar-refractivity contribution < 1.29 is 9.53 Å². The van der Waals surface area contributed by atoms with E-state index >= 15 is 0 Å². The first-order valence-electron chi connectivity index (χ1n) is 6.76. The van der Waals surface area contributed by atoms with Gasteiger partial charge in [-0.15, -0.1) is 0 Å². The SMILES string of the molecule is Cc1cc(C(=O)Nc2ccc(OC(C)C)cc2)cc(N)n1. The van der Waals surface area contributed by atoms with Crippen molar-refractivity contribution in [2.24, 2.45) is 0 Å². The molecule has 0 saturated heterocycles. The summed E-state index contributed by atoms with van der Waals surface area (Å²) in [5, 5.41) is 2.82. The second kappa shape index (κ2) is 6.26. The number of amides is 1. The van der Waals surface area contributed by atoms with Gasteiger partial charge >= 0.3 is 0 Å². The third-order valence-electron chi connectivity index (χ3n) is 2.72. The Bertz CT molecular complexity index is 616. The normalized spacial score (nSPS) is 10.5. The Hall–Kier alpha value is -2.56. The summed E-state index contributed by atoms with van der Waals surface area (Å²) < 4.78 is 5.55. The maximum absolute atomic E-state index is 12.2. The number of anilines is 2. The standard InChI is InChI=1S/C16H19N3O2/c1-10(2)21-14-6-4-13(5-7-14)19-16(20)12-8-11(3)18-15(17)9-12/h4-10H,1-3H3,(H2,17,18)(H,19,20). The number of nitrogens with zero attached hydrogens (tertiary/aromatic N) is 1. The smallest absolute Gasteiger partial charge is 0.255 e. The van der Waals surface area contributed by atoms with Gasteiger partial charge in [0.15, 0.2) is 0 Å². The van der Waals surface area contributed by atoms with E-state index in [-0.39, 0.29) is 12.0 Å². The molecular weight excluding hydrogens is 266 g/mol. The summed E-state index contributed by atoms with van der Waals surface area (Å²) in [4.78, 5) is 16.2. The Kier molecular flexibility index (Phi) is 4.42. The molecule has 0 saturated carbocycles. The number of benzene rings is 1. The third-order valence-corrected chi connectivity index (χ3v) is 2.72. The van der Waals surface area contributed by atoms with E-state index in [4.69, 9.17) is 10.5 Å². The molecule has 0 aliphatic rings. The van der Waals surface area contributed by atoms with Crippen LogP contribution in [0.25, 0.3) is 0 Å². The highest BCUT2D eigenvalue weighted by Crippen LogP contribution is 2.18. The Morgan fingerprint density at radius 2 is 1.90 bits per heavy atom. The largest absolute Gasteiger partial charge is 0.491 e. The first kappa shape index (κ1) is 14.8. The van der Waals surface area contributed by atoms with E-state index in [2.05, 4.69) is 10.3 Å². The van der Waals surface area contributed by atoms with Crippen molar-refractivity contribution in [2.45, 2.75) is 26.9 Å². The van der Waals surface area contributed by atoms with Crippen molar-refractivity contribution in [3.05, 3.63) is 47.7 Å². The Labute approximate surface area is 124 Å². The van der Waals surface area contributed by atoms with Crippen LogP contribution in [0.1, 0.15) is 29.9 Å². The molecule has 1 aromatic heterocycles. The summed E-state index contributed by atoms with van der Waals surface area (Å²) in [5.41, 5.74) is 7.54. The molecule has 2 aromatic rings. The minimum absolute atomic E-state index is 0.119. The van der Waals surface area contributed by atoms with E-state index in [0.29, 0.717) is 22.8 Å². The van der Waals surface area contributed by atoms with Gasteiger partial charge in [-0.3, -0.25) is 4.79 Å². The highest BCUT2D eigenvalue weighted by Gasteiger charge is 2.08. The van der Waals surface area contributed by atoms with Crippen LogP contribution < -0.4 is 15.8 Å². The van der Waals surface area contributed by atoms with E-state index in [9.17, 15) is 4.79 Å². The highest BCUT2D eigenvalue weighted by atomic mass is 16.5. The number of nitrogens with one attached hydrogen (secondary N) is 1. The quantitative estimate of drug-likeness (QED) is 0.905. The number of nitrogens with two attached hydrogens (primary N) is 1. The summed E-state index contributed by atoms with van der Waals surface area (Å²) in [7, 11) is 0. The van der Waals surface area contributed by atoms with Crippen molar-refractivity contribution in [3.8, 4) is 5.75 Å². The van der Waals surface area contributed by atoms with Crippen LogP contribution in [0.15, 0.2) is 36.4 Å². The van der Waals surface area contributed by atoms with Gasteiger partial charge in [0.2, 0.25) is 0 Å². The number of ether oxygens (including phenoxy) is 1. The summed E-state index contributed by atoms with van der Waals surface area (Å²) >= 11 is 0. The van der Waals surface area contributed by atoms with Crippen molar-refractivity contribution in [2.75, 3.05) is 11.1 Å². The molecule has 0 aliphatic heterocycles. The fraction of sp³-hybridized carbons (Fsp3) is 0.250. The molecule has 5 heteroatoms. The van der Waals surface area contributed by atoms with Crippen molar-refractivity contribution in [1.82, 2.24) is 4.98 Å². The first-order chi connectivity index (χ1) is 9.94. The number of carbonyl (C=O) groups excluding carboxylic acids is 1. The zero-order valence-corrected chi connectivity index (χ0v) is 12.4. The Morgan fingerprint density at radius 3 is 2.48 bits per heavy atom. The number of hydrogen-bond donors (Lipinski definition) is 2. The van der Waals surface area contributed by atoms with Gasteiger partial charge in [0.25, 0.3) is 5.91 Å². The lowest BCUT2D eigenvalue weighted by molar-refractivity contribution is 0.102. The number of pyridine rings is 1. The molecule has 0 spiro atoms. The van der Waals surface area contributed by atoms with Crippen LogP contribution in [0, 0.1) is 6.92 Å². The molecule has 21 heavy (non-hydrogen) atoms. The minimum atomic E-state index is -0.218. The van der Waals surface area contributed by atoms with E-state index in [1.54, 1.807) is 31.2 Å². The lowest BCUT2D eigenvalue weighted by atomic mass is 10.2. The van der Waals surface area contributed by atoms with Gasteiger partial charge in [-0.05, 0) is 57.2 Å². The number of hydrogen-bond acceptors (Lipinski definition) is 4. The van der Waals surface area contributed by atoms with Gasteiger partial charge in [-0.2, -0.15) is 0 Å². The average molecular weight is 285 g/mol. The van der Waals surface area contributed by atoms with Gasteiger partial charge in [-0.25, -0.2) is 4.98 Å². The Balaban J connectivity index is 2.08. The summed E-state index contributed by atoms with van der Waals surface area (Å²) in [6.07, 6.45) is 0.119. The maximum Gasteiger partial charge on any atom is 0.255 e. The minimum Gasteiger partial charge on any atom is -0.491 e. The van der Waals surface area contributed by atoms with Crippen LogP contribution >= 0.6 is 0 Å². The van der Waals surface area contributed by atoms with Crippen LogP contribution in [0.5, 0.6) is 5.75 Å². The third kappa shape index (κ3) is 4.21. The first-order valence-corrected chi connectivity index (χ1v) is 6.76. The zero-order valence-electron chi connectivity index (χ0n) is 12.4. The Morgan fingerprint density at radius 1 is 1.24 bits per heavy atom. The van der Waals surface area contributed by atoms with Crippen molar-refractivity contribution in [1.29, 1.82) is 0 Å². The average Bonchev–Trinajstić information content (AvgIpc) is 2.39. The van der Waals surface area contributed by atoms with Gasteiger partial charge in [-0.1, -0.05) is 0 Å². The predicted molar refractivity (Wildman–Crippen MR) is 83.5 cm³/mol. The molecule has 1 heterocycles. The second-order valence-corrected chi connectivity index (χ2v) is 5.07. The molecule has 110 valence electrons. The van der Waals surface area contributed by atoms with Crippen LogP contribution in [-0.2, 0) is 0 Å². The zero-order chi connectivity index (χ0) is 15.4. The summed E-state index contributed by atoms with van der Waals surface area (Å²) in [5.74, 6) is 0.887. The van der Waals surface area contributed by atoms with Gasteiger partial charge in [0, 0.05) is 16.9 Å². The number of rotatable bonds is 4. The number of aryl methyl sites for hydroxylation is 1. The van der Waals surface area contributed by atoms with Crippen molar-refractivity contribution >= 4 is 17.4 Å². The lowest BCUT2D eigenvalue weighted by Gasteiger charge is -2.11. The van der Waals surface area contributed by atoms with Crippen LogP contribution in [0.4, 0.5) is 11.5 Å². The topological polar surface area (TPSA) is 77.2 Å². The van der Waals surface area contributed by atoms with Crippen LogP contribution in [-0.4, -0.2) is 17.0 Å². The molecule has 5 nitrogen and oxygen atoms in total. The molecule has 0 unspecified atom stereocenters. The molecule has 0 atom stereocenters. The molecule has 1 aromatic carbocycles.